The zero-order valence-corrected chi connectivity index (χ0v) is 67.3. The van der Waals surface area contributed by atoms with Crippen LogP contribution in [0.2, 0.25) is 0 Å². The monoisotopic (exact) mass is 1470 g/mol. The van der Waals surface area contributed by atoms with Crippen LogP contribution in [0, 0.1) is 11.8 Å². The molecular weight excluding hydrogens is 1310 g/mol. The van der Waals surface area contributed by atoms with Gasteiger partial charge in [0.15, 0.2) is 12.2 Å². The van der Waals surface area contributed by atoms with Crippen molar-refractivity contribution in [2.45, 2.75) is 445 Å². The van der Waals surface area contributed by atoms with Crippen LogP contribution in [-0.4, -0.2) is 96.7 Å². The molecule has 0 aliphatic rings. The first kappa shape index (κ1) is 98.1. The molecular formula is C81H158O17P2. The minimum absolute atomic E-state index is 0.108. The van der Waals surface area contributed by atoms with Crippen molar-refractivity contribution in [3.63, 3.8) is 0 Å². The lowest BCUT2D eigenvalue weighted by molar-refractivity contribution is -0.161. The van der Waals surface area contributed by atoms with Gasteiger partial charge < -0.3 is 33.8 Å². The van der Waals surface area contributed by atoms with Gasteiger partial charge in [-0.2, -0.15) is 0 Å². The number of hydrogen-bond acceptors (Lipinski definition) is 15. The SMILES string of the molecule is CCCCCCCCCCCCCCCC(=O)O[C@H](COC(=O)CCCCCCCCCC)COP(=O)(O)OC[C@H](O)COP(=O)(O)OC[C@@H](COC(=O)CCCCCCCCCCCCCCCCC(C)C)OC(=O)CCCCCCCCCCCCCCCCCCCCC(C)CC. The summed E-state index contributed by atoms with van der Waals surface area (Å²) in [6.07, 6.45) is 62.5. The van der Waals surface area contributed by atoms with E-state index in [1.165, 1.54) is 238 Å². The molecule has 17 nitrogen and oxygen atoms in total. The predicted molar refractivity (Wildman–Crippen MR) is 409 cm³/mol. The van der Waals surface area contributed by atoms with Crippen LogP contribution in [0.1, 0.15) is 427 Å². The van der Waals surface area contributed by atoms with Gasteiger partial charge in [0.05, 0.1) is 26.4 Å². The molecule has 0 saturated carbocycles. The average Bonchev–Trinajstić information content (AvgIpc) is 0.961. The molecule has 3 N–H and O–H groups in total. The summed E-state index contributed by atoms with van der Waals surface area (Å²) in [5.74, 6) is -0.440. The number of aliphatic hydroxyl groups excluding tert-OH is 1. The number of carbonyl (C=O) groups excluding carboxylic acids is 4. The van der Waals surface area contributed by atoms with E-state index in [0.29, 0.717) is 25.7 Å². The van der Waals surface area contributed by atoms with Crippen LogP contribution in [-0.2, 0) is 65.4 Å². The first-order valence-electron chi connectivity index (χ1n) is 42.0. The number of esters is 4. The summed E-state index contributed by atoms with van der Waals surface area (Å²) < 4.78 is 68.6. The number of hydrogen-bond donors (Lipinski definition) is 3. The molecule has 0 aliphatic heterocycles. The molecule has 0 bridgehead atoms. The molecule has 0 amide bonds. The number of unbranched alkanes of at least 4 members (excludes halogenated alkanes) is 49. The third kappa shape index (κ3) is 73.0. The minimum atomic E-state index is -4.96. The lowest BCUT2D eigenvalue weighted by atomic mass is 9.99. The number of ether oxygens (including phenoxy) is 4. The Kier molecular flexibility index (Phi) is 71.2. The smallest absolute Gasteiger partial charge is 0.462 e. The number of phosphoric ester groups is 2. The molecule has 0 aromatic rings. The average molecular weight is 1470 g/mol. The van der Waals surface area contributed by atoms with E-state index in [1.807, 2.05) is 0 Å². The van der Waals surface area contributed by atoms with Gasteiger partial charge in [-0.05, 0) is 37.5 Å². The standard InChI is InChI=1S/C81H158O17P2/c1-7-10-12-14-16-18-19-28-36-41-47-53-59-65-80(85)97-76(69-91-78(83)63-57-51-45-17-15-13-11-8-2)71-95-99(87,88)93-67-75(82)68-94-100(89,90)96-72-77(70-92-79(84)64-58-52-46-40-35-31-27-26-29-33-38-43-49-55-61-73(4)5)98-81(86)66-60-54-48-42-37-32-25-23-21-20-22-24-30-34-39-44-50-56-62-74(6)9-3/h73-77,82H,7-72H2,1-6H3,(H,87,88)(H,89,90)/t74?,75-,76+,77+/m0/s1. The second-order valence-corrected chi connectivity index (χ2v) is 32.8. The van der Waals surface area contributed by atoms with Gasteiger partial charge in [0.1, 0.15) is 19.3 Å². The van der Waals surface area contributed by atoms with E-state index in [-0.39, 0.29) is 25.7 Å². The van der Waals surface area contributed by atoms with Crippen LogP contribution in [0.4, 0.5) is 0 Å². The van der Waals surface area contributed by atoms with Crippen molar-refractivity contribution >= 4 is 39.5 Å². The Bertz CT molecular complexity index is 1930. The van der Waals surface area contributed by atoms with Crippen molar-refractivity contribution in [1.29, 1.82) is 0 Å². The molecule has 100 heavy (non-hydrogen) atoms. The van der Waals surface area contributed by atoms with Crippen molar-refractivity contribution in [3.05, 3.63) is 0 Å². The minimum Gasteiger partial charge on any atom is -0.462 e. The maximum absolute atomic E-state index is 13.1. The highest BCUT2D eigenvalue weighted by Gasteiger charge is 2.30. The van der Waals surface area contributed by atoms with Gasteiger partial charge in [0.2, 0.25) is 0 Å². The van der Waals surface area contributed by atoms with E-state index in [4.69, 9.17) is 37.0 Å². The molecule has 0 rings (SSSR count). The van der Waals surface area contributed by atoms with Gasteiger partial charge >= 0.3 is 39.5 Å². The summed E-state index contributed by atoms with van der Waals surface area (Å²) in [5, 5.41) is 10.6. The molecule has 0 aromatic carbocycles. The van der Waals surface area contributed by atoms with Crippen LogP contribution in [0.15, 0.2) is 0 Å². The largest absolute Gasteiger partial charge is 0.472 e. The Morgan fingerprint density at radius 1 is 0.290 bits per heavy atom. The first-order chi connectivity index (χ1) is 48.4. The van der Waals surface area contributed by atoms with Gasteiger partial charge in [0, 0.05) is 25.7 Å². The Morgan fingerprint density at radius 3 is 0.760 bits per heavy atom. The molecule has 0 radical (unpaired) electrons. The highest BCUT2D eigenvalue weighted by molar-refractivity contribution is 7.47. The number of aliphatic hydroxyl groups is 1. The Hall–Kier alpha value is -1.94. The Morgan fingerprint density at radius 2 is 0.510 bits per heavy atom. The van der Waals surface area contributed by atoms with Crippen LogP contribution in [0.3, 0.4) is 0 Å². The summed E-state index contributed by atoms with van der Waals surface area (Å²) in [4.78, 5) is 72.9. The molecule has 0 aliphatic carbocycles. The van der Waals surface area contributed by atoms with Gasteiger partial charge in [-0.1, -0.05) is 375 Å². The highest BCUT2D eigenvalue weighted by atomic mass is 31.2. The number of rotatable bonds is 80. The molecule has 594 valence electrons. The topological polar surface area (TPSA) is 237 Å². The Balaban J connectivity index is 5.18. The number of phosphoric acid groups is 2. The third-order valence-corrected chi connectivity index (χ3v) is 21.2. The fraction of sp³-hybridized carbons (Fsp3) is 0.951. The van der Waals surface area contributed by atoms with E-state index in [0.717, 1.165) is 108 Å². The molecule has 3 unspecified atom stereocenters. The van der Waals surface area contributed by atoms with Crippen molar-refractivity contribution in [3.8, 4) is 0 Å². The molecule has 0 heterocycles. The molecule has 0 fully saturated rings. The quantitative estimate of drug-likeness (QED) is 0.0222. The lowest BCUT2D eigenvalue weighted by Gasteiger charge is -2.21. The molecule has 0 aromatic heterocycles. The Labute approximate surface area is 613 Å². The zero-order chi connectivity index (χ0) is 73.5. The van der Waals surface area contributed by atoms with Gasteiger partial charge in [-0.25, -0.2) is 9.13 Å². The fourth-order valence-electron chi connectivity index (χ4n) is 12.5. The van der Waals surface area contributed by atoms with Gasteiger partial charge in [-0.15, -0.1) is 0 Å². The lowest BCUT2D eigenvalue weighted by Crippen LogP contribution is -2.30. The number of carbonyl (C=O) groups is 4. The molecule has 19 heteroatoms. The maximum atomic E-state index is 13.1. The maximum Gasteiger partial charge on any atom is 0.472 e. The molecule has 6 atom stereocenters. The molecule has 0 spiro atoms. The van der Waals surface area contributed by atoms with Gasteiger partial charge in [0.25, 0.3) is 0 Å². The van der Waals surface area contributed by atoms with E-state index >= 15 is 0 Å². The summed E-state index contributed by atoms with van der Waals surface area (Å²) in [6, 6.07) is 0. The predicted octanol–water partition coefficient (Wildman–Crippen LogP) is 24.3. The highest BCUT2D eigenvalue weighted by Crippen LogP contribution is 2.45. The molecule has 0 saturated heterocycles. The zero-order valence-electron chi connectivity index (χ0n) is 65.5. The van der Waals surface area contributed by atoms with E-state index in [1.54, 1.807) is 0 Å². The van der Waals surface area contributed by atoms with Gasteiger partial charge in [-0.3, -0.25) is 37.3 Å². The second kappa shape index (κ2) is 72.6. The van der Waals surface area contributed by atoms with Crippen molar-refractivity contribution < 1.29 is 80.2 Å². The summed E-state index contributed by atoms with van der Waals surface area (Å²) >= 11 is 0. The first-order valence-corrected chi connectivity index (χ1v) is 45.0. The summed E-state index contributed by atoms with van der Waals surface area (Å²) in [7, 11) is -9.91. The van der Waals surface area contributed by atoms with Crippen LogP contribution >= 0.6 is 15.6 Å². The summed E-state index contributed by atoms with van der Waals surface area (Å²) in [5.41, 5.74) is 0. The van der Waals surface area contributed by atoms with Crippen LogP contribution in [0.25, 0.3) is 0 Å². The fourth-order valence-corrected chi connectivity index (χ4v) is 14.1. The third-order valence-electron chi connectivity index (χ3n) is 19.3. The van der Waals surface area contributed by atoms with Crippen molar-refractivity contribution in [2.75, 3.05) is 39.6 Å². The van der Waals surface area contributed by atoms with E-state index in [9.17, 15) is 43.2 Å². The van der Waals surface area contributed by atoms with E-state index in [2.05, 4.69) is 41.5 Å². The van der Waals surface area contributed by atoms with Crippen molar-refractivity contribution in [1.82, 2.24) is 0 Å². The van der Waals surface area contributed by atoms with Crippen LogP contribution in [0.5, 0.6) is 0 Å². The normalized spacial score (nSPS) is 14.2. The summed E-state index contributed by atoms with van der Waals surface area (Å²) in [6.45, 7) is 9.70. The second-order valence-electron chi connectivity index (χ2n) is 29.9. The van der Waals surface area contributed by atoms with E-state index < -0.39 is 97.5 Å². The van der Waals surface area contributed by atoms with Crippen LogP contribution < -0.4 is 0 Å². The van der Waals surface area contributed by atoms with Crippen molar-refractivity contribution in [2.24, 2.45) is 11.8 Å².